The Morgan fingerprint density at radius 3 is 2.24 bits per heavy atom. The van der Waals surface area contributed by atoms with Crippen LogP contribution < -0.4 is 0 Å². The summed E-state index contributed by atoms with van der Waals surface area (Å²) in [6, 6.07) is 0. The molecule has 0 N–H and O–H groups in total. The summed E-state index contributed by atoms with van der Waals surface area (Å²) in [5, 5.41) is 1.50. The fourth-order valence-corrected chi connectivity index (χ4v) is 4.15. The van der Waals surface area contributed by atoms with Crippen LogP contribution in [0.4, 0.5) is 0 Å². The molecule has 3 heteroatoms. The van der Waals surface area contributed by atoms with Crippen molar-refractivity contribution in [2.24, 2.45) is 0 Å². The van der Waals surface area contributed by atoms with Crippen molar-refractivity contribution in [2.45, 2.75) is 58.2 Å². The van der Waals surface area contributed by atoms with Gasteiger partial charge in [0.15, 0.2) is 0 Å². The van der Waals surface area contributed by atoms with Crippen LogP contribution in [0.15, 0.2) is 11.3 Å². The van der Waals surface area contributed by atoms with E-state index in [0.717, 1.165) is 6.61 Å². The van der Waals surface area contributed by atoms with E-state index >= 15 is 0 Å². The Kier molecular flexibility index (Phi) is 4.82. The fourth-order valence-electron chi connectivity index (χ4n) is 1.95. The molecule has 17 heavy (non-hydrogen) atoms. The zero-order valence-corrected chi connectivity index (χ0v) is 14.2. The molecule has 0 amide bonds. The van der Waals surface area contributed by atoms with Crippen LogP contribution >= 0.6 is 0 Å². The van der Waals surface area contributed by atoms with Gasteiger partial charge in [0.05, 0.1) is 14.2 Å². The third-order valence-electron chi connectivity index (χ3n) is 2.82. The third-order valence-corrected chi connectivity index (χ3v) is 5.91. The normalized spacial score (nSPS) is 22.2. The average Bonchev–Trinajstić information content (AvgIpc) is 2.60. The maximum absolute atomic E-state index is 5.83. The first-order valence-electron chi connectivity index (χ1n) is 6.55. The van der Waals surface area contributed by atoms with Gasteiger partial charge < -0.3 is 4.74 Å². The summed E-state index contributed by atoms with van der Waals surface area (Å²) >= 11 is 0. The molecule has 0 bridgehead atoms. The molecule has 0 spiro atoms. The Bertz CT molecular complexity index is 341. The molecule has 1 heterocycles. The van der Waals surface area contributed by atoms with Gasteiger partial charge in [-0.1, -0.05) is 45.2 Å². The molecule has 0 aromatic rings. The molecule has 1 saturated heterocycles. The predicted octanol–water partition coefficient (Wildman–Crippen LogP) is 3.85. The second-order valence-corrected chi connectivity index (χ2v) is 16.7. The first-order chi connectivity index (χ1) is 7.70. The molecule has 0 aromatic heterocycles. The Labute approximate surface area is 109 Å². The van der Waals surface area contributed by atoms with E-state index in [2.05, 4.69) is 56.8 Å². The molecule has 1 rings (SSSR count). The number of hydrogen-bond acceptors (Lipinski definition) is 1. The molecule has 1 nitrogen and oxygen atoms in total. The van der Waals surface area contributed by atoms with E-state index in [1.54, 1.807) is 0 Å². The number of hydrogen-bond donors (Lipinski definition) is 0. The van der Waals surface area contributed by atoms with Crippen molar-refractivity contribution >= 4 is 16.1 Å². The first kappa shape index (κ1) is 14.8. The van der Waals surface area contributed by atoms with Crippen molar-refractivity contribution in [1.29, 1.82) is 0 Å². The lowest BCUT2D eigenvalue weighted by atomic mass is 10.2. The third kappa shape index (κ3) is 5.24. The average molecular weight is 267 g/mol. The highest BCUT2D eigenvalue weighted by Gasteiger charge is 2.29. The Hall–Kier alpha value is -0.306. The summed E-state index contributed by atoms with van der Waals surface area (Å²) in [5.41, 5.74) is 3.43. The molecule has 1 atom stereocenters. The second-order valence-electron chi connectivity index (χ2n) is 6.87. The minimum absolute atomic E-state index is 0.359. The topological polar surface area (TPSA) is 9.23 Å². The quantitative estimate of drug-likeness (QED) is 0.545. The lowest BCUT2D eigenvalue weighted by molar-refractivity contribution is 0.141. The molecule has 0 aromatic carbocycles. The van der Waals surface area contributed by atoms with Crippen LogP contribution in [0.5, 0.6) is 0 Å². The monoisotopic (exact) mass is 266 g/mol. The van der Waals surface area contributed by atoms with Gasteiger partial charge in [-0.25, -0.2) is 0 Å². The van der Waals surface area contributed by atoms with E-state index in [-0.39, 0.29) is 0 Å². The minimum atomic E-state index is -1.30. The van der Waals surface area contributed by atoms with Gasteiger partial charge in [-0.3, -0.25) is 0 Å². The first-order valence-corrected chi connectivity index (χ1v) is 13.5. The summed E-state index contributed by atoms with van der Waals surface area (Å²) in [5.74, 6) is 3.31. The van der Waals surface area contributed by atoms with E-state index in [0.29, 0.717) is 6.10 Å². The lowest BCUT2D eigenvalue weighted by Crippen LogP contribution is -2.32. The summed E-state index contributed by atoms with van der Waals surface area (Å²) in [4.78, 5) is 0. The van der Waals surface area contributed by atoms with Gasteiger partial charge in [-0.2, -0.15) is 0 Å². The highest BCUT2D eigenvalue weighted by atomic mass is 28.3. The molecule has 1 aliphatic heterocycles. The van der Waals surface area contributed by atoms with Gasteiger partial charge >= 0.3 is 0 Å². The minimum Gasteiger partial charge on any atom is -0.374 e. The van der Waals surface area contributed by atoms with Crippen molar-refractivity contribution < 1.29 is 4.74 Å². The van der Waals surface area contributed by atoms with Gasteiger partial charge in [-0.05, 0) is 24.1 Å². The summed E-state index contributed by atoms with van der Waals surface area (Å²) in [6.07, 6.45) is 4.93. The molecule has 1 aliphatic rings. The lowest BCUT2D eigenvalue weighted by Gasteiger charge is -2.25. The summed E-state index contributed by atoms with van der Waals surface area (Å²) in [7, 11) is -2.55. The smallest absolute Gasteiger partial charge is 0.129 e. The van der Waals surface area contributed by atoms with Gasteiger partial charge in [0.1, 0.15) is 8.07 Å². The number of allylic oxidation sites excluding steroid dienone is 1. The summed E-state index contributed by atoms with van der Waals surface area (Å²) in [6.45, 7) is 14.9. The van der Waals surface area contributed by atoms with Crippen LogP contribution in [0, 0.1) is 11.5 Å². The largest absolute Gasteiger partial charge is 0.374 e. The zero-order chi connectivity index (χ0) is 13.1. The van der Waals surface area contributed by atoms with E-state index in [4.69, 9.17) is 4.74 Å². The maximum Gasteiger partial charge on any atom is 0.129 e. The molecule has 1 unspecified atom stereocenters. The molecular weight excluding hydrogens is 240 g/mol. The van der Waals surface area contributed by atoms with Crippen LogP contribution in [0.1, 0.15) is 12.8 Å². The van der Waals surface area contributed by atoms with Crippen molar-refractivity contribution in [3.8, 4) is 11.5 Å². The number of rotatable bonds is 2. The zero-order valence-electron chi connectivity index (χ0n) is 12.2. The van der Waals surface area contributed by atoms with Crippen molar-refractivity contribution in [3.05, 3.63) is 11.3 Å². The molecular formula is C14H26OSi2. The van der Waals surface area contributed by atoms with Gasteiger partial charge in [0.2, 0.25) is 0 Å². The second kappa shape index (κ2) is 5.56. The highest BCUT2D eigenvalue weighted by Crippen LogP contribution is 2.27. The van der Waals surface area contributed by atoms with E-state index in [1.165, 1.54) is 18.0 Å². The van der Waals surface area contributed by atoms with Crippen LogP contribution in [-0.2, 0) is 4.74 Å². The molecule has 1 fully saturated rings. The van der Waals surface area contributed by atoms with Crippen LogP contribution in [0.25, 0.3) is 0 Å². The van der Waals surface area contributed by atoms with Crippen LogP contribution in [0.2, 0.25) is 39.3 Å². The van der Waals surface area contributed by atoms with Gasteiger partial charge in [0.25, 0.3) is 0 Å². The molecule has 0 radical (unpaired) electrons. The van der Waals surface area contributed by atoms with E-state index in [1.807, 2.05) is 0 Å². The van der Waals surface area contributed by atoms with Crippen molar-refractivity contribution in [3.63, 3.8) is 0 Å². The number of ether oxygens (including phenoxy) is 1. The SMILES string of the molecule is C[Si](C)(C)C#C/C=C(/C1CCCO1)[Si](C)(C)C. The van der Waals surface area contributed by atoms with Crippen molar-refractivity contribution in [2.75, 3.05) is 6.61 Å². The van der Waals surface area contributed by atoms with Gasteiger partial charge in [-0.15, -0.1) is 5.54 Å². The molecule has 0 aliphatic carbocycles. The van der Waals surface area contributed by atoms with E-state index in [9.17, 15) is 0 Å². The van der Waals surface area contributed by atoms with E-state index < -0.39 is 16.1 Å². The maximum atomic E-state index is 5.83. The van der Waals surface area contributed by atoms with Crippen LogP contribution in [-0.4, -0.2) is 28.9 Å². The molecule has 96 valence electrons. The highest BCUT2D eigenvalue weighted by molar-refractivity contribution is 6.84. The summed E-state index contributed by atoms with van der Waals surface area (Å²) < 4.78 is 5.83. The Balaban J connectivity index is 2.90. The Morgan fingerprint density at radius 2 is 1.82 bits per heavy atom. The van der Waals surface area contributed by atoms with Crippen molar-refractivity contribution in [1.82, 2.24) is 0 Å². The standard InChI is InChI=1S/C14H26OSi2/c1-16(2,3)12-8-10-14(17(4,5)6)13-9-7-11-15-13/h10,13H,7,9,11H2,1-6H3/b14-10-. The Morgan fingerprint density at radius 1 is 1.18 bits per heavy atom. The predicted molar refractivity (Wildman–Crippen MR) is 81.5 cm³/mol. The van der Waals surface area contributed by atoms with Crippen LogP contribution in [0.3, 0.4) is 0 Å². The van der Waals surface area contributed by atoms with Gasteiger partial charge in [0, 0.05) is 6.61 Å². The fraction of sp³-hybridized carbons (Fsp3) is 0.714. The molecule has 0 saturated carbocycles.